The number of nitrogens with one attached hydrogen (secondary N) is 1. The molecule has 3 nitrogen and oxygen atoms in total. The van der Waals surface area contributed by atoms with Crippen LogP contribution in [0.2, 0.25) is 5.02 Å². The quantitative estimate of drug-likeness (QED) is 0.797. The lowest BCUT2D eigenvalue weighted by atomic mass is 10.3. The predicted octanol–water partition coefficient (Wildman–Crippen LogP) is 5.01. The third-order valence-corrected chi connectivity index (χ3v) is 3.65. The van der Waals surface area contributed by atoms with Crippen LogP contribution in [0.15, 0.2) is 39.4 Å². The Balaban J connectivity index is 2.26. The molecule has 0 amide bonds. The van der Waals surface area contributed by atoms with Crippen LogP contribution in [0, 0.1) is 0 Å². The maximum absolute atomic E-state index is 5.84. The third kappa shape index (κ3) is 3.16. The highest BCUT2D eigenvalue weighted by molar-refractivity contribution is 9.11. The summed E-state index contributed by atoms with van der Waals surface area (Å²) in [6.45, 7) is 0. The van der Waals surface area contributed by atoms with Gasteiger partial charge in [0.05, 0.1) is 21.1 Å². The summed E-state index contributed by atoms with van der Waals surface area (Å²) in [6, 6.07) is 7.49. The van der Waals surface area contributed by atoms with E-state index < -0.39 is 0 Å². The molecule has 94 valence electrons. The number of aromatic nitrogens is 1. The Morgan fingerprint density at radius 1 is 1.22 bits per heavy atom. The molecule has 0 fully saturated rings. The van der Waals surface area contributed by atoms with Crippen molar-refractivity contribution in [2.75, 3.05) is 12.4 Å². The van der Waals surface area contributed by atoms with Crippen LogP contribution >= 0.6 is 43.5 Å². The minimum atomic E-state index is 0.586. The summed E-state index contributed by atoms with van der Waals surface area (Å²) in [7, 11) is 1.63. The number of ether oxygens (including phenoxy) is 1. The standard InChI is InChI=1S/C12H9Br2ClN2O/c1-18-11-3-2-8(5-9(11)13)17-12-10(14)4-7(15)6-16-12/h2-6H,1H3,(H,16,17). The number of pyridine rings is 1. The molecular formula is C12H9Br2ClN2O. The van der Waals surface area contributed by atoms with Gasteiger partial charge >= 0.3 is 0 Å². The van der Waals surface area contributed by atoms with Gasteiger partial charge in [0.1, 0.15) is 11.6 Å². The van der Waals surface area contributed by atoms with Gasteiger partial charge in [-0.15, -0.1) is 0 Å². The Hall–Kier alpha value is -0.780. The van der Waals surface area contributed by atoms with Crippen LogP contribution < -0.4 is 10.1 Å². The van der Waals surface area contributed by atoms with Crippen LogP contribution in [0.25, 0.3) is 0 Å². The summed E-state index contributed by atoms with van der Waals surface area (Å²) in [5, 5.41) is 3.78. The number of hydrogen-bond donors (Lipinski definition) is 1. The first-order valence-corrected chi connectivity index (χ1v) is 6.98. The monoisotopic (exact) mass is 390 g/mol. The van der Waals surface area contributed by atoms with Crippen LogP contribution in [-0.4, -0.2) is 12.1 Å². The highest BCUT2D eigenvalue weighted by Crippen LogP contribution is 2.31. The van der Waals surface area contributed by atoms with E-state index in [2.05, 4.69) is 42.2 Å². The average Bonchev–Trinajstić information content (AvgIpc) is 2.33. The minimum Gasteiger partial charge on any atom is -0.496 e. The number of hydrogen-bond acceptors (Lipinski definition) is 3. The number of anilines is 2. The van der Waals surface area contributed by atoms with Crippen molar-refractivity contribution in [1.29, 1.82) is 0 Å². The number of methoxy groups -OCH3 is 1. The molecule has 1 aromatic heterocycles. The Labute approximate surface area is 127 Å². The Morgan fingerprint density at radius 2 is 2.00 bits per heavy atom. The molecule has 0 saturated heterocycles. The highest BCUT2D eigenvalue weighted by atomic mass is 79.9. The molecule has 0 unspecified atom stereocenters. The third-order valence-electron chi connectivity index (χ3n) is 2.22. The molecule has 1 N–H and O–H groups in total. The zero-order valence-electron chi connectivity index (χ0n) is 9.38. The van der Waals surface area contributed by atoms with Gasteiger partial charge in [-0.25, -0.2) is 4.98 Å². The van der Waals surface area contributed by atoms with Gasteiger partial charge in [-0.1, -0.05) is 11.6 Å². The average molecular weight is 392 g/mol. The van der Waals surface area contributed by atoms with E-state index in [1.165, 1.54) is 0 Å². The van der Waals surface area contributed by atoms with Crippen LogP contribution in [0.3, 0.4) is 0 Å². The highest BCUT2D eigenvalue weighted by Gasteiger charge is 2.05. The largest absolute Gasteiger partial charge is 0.496 e. The molecule has 0 atom stereocenters. The zero-order valence-corrected chi connectivity index (χ0v) is 13.3. The summed E-state index contributed by atoms with van der Waals surface area (Å²) >= 11 is 12.7. The zero-order chi connectivity index (χ0) is 13.1. The van der Waals surface area contributed by atoms with Crippen molar-refractivity contribution < 1.29 is 4.74 Å². The second-order valence-corrected chi connectivity index (χ2v) is 5.60. The molecule has 0 aliphatic rings. The van der Waals surface area contributed by atoms with E-state index in [1.807, 2.05) is 18.2 Å². The van der Waals surface area contributed by atoms with Crippen LogP contribution in [0.5, 0.6) is 5.75 Å². The maximum atomic E-state index is 5.84. The fourth-order valence-corrected chi connectivity index (χ4v) is 2.67. The van der Waals surface area contributed by atoms with Gasteiger partial charge in [0, 0.05) is 11.9 Å². The van der Waals surface area contributed by atoms with Crippen molar-refractivity contribution >= 4 is 55.0 Å². The molecule has 2 aromatic rings. The van der Waals surface area contributed by atoms with E-state index >= 15 is 0 Å². The van der Waals surface area contributed by atoms with Gasteiger partial charge in [-0.2, -0.15) is 0 Å². The van der Waals surface area contributed by atoms with Crippen molar-refractivity contribution in [3.05, 3.63) is 44.4 Å². The Kier molecular flexibility index (Phi) is 4.48. The van der Waals surface area contributed by atoms with Gasteiger partial charge in [0.2, 0.25) is 0 Å². The first kappa shape index (κ1) is 13.6. The van der Waals surface area contributed by atoms with Gasteiger partial charge in [-0.05, 0) is 56.1 Å². The molecule has 0 radical (unpaired) electrons. The normalized spacial score (nSPS) is 10.2. The number of rotatable bonds is 3. The molecule has 1 aromatic carbocycles. The SMILES string of the molecule is COc1ccc(Nc2ncc(Cl)cc2Br)cc1Br. The topological polar surface area (TPSA) is 34.1 Å². The molecule has 18 heavy (non-hydrogen) atoms. The fraction of sp³-hybridized carbons (Fsp3) is 0.0833. The molecule has 0 aliphatic heterocycles. The Morgan fingerprint density at radius 3 is 2.61 bits per heavy atom. The molecule has 2 rings (SSSR count). The second kappa shape index (κ2) is 5.91. The molecule has 0 spiro atoms. The summed E-state index contributed by atoms with van der Waals surface area (Å²) in [5.74, 6) is 1.49. The predicted molar refractivity (Wildman–Crippen MR) is 80.9 cm³/mol. The van der Waals surface area contributed by atoms with Crippen molar-refractivity contribution in [3.63, 3.8) is 0 Å². The van der Waals surface area contributed by atoms with E-state index in [-0.39, 0.29) is 0 Å². The first-order valence-electron chi connectivity index (χ1n) is 5.02. The van der Waals surface area contributed by atoms with Crippen molar-refractivity contribution in [2.45, 2.75) is 0 Å². The van der Waals surface area contributed by atoms with E-state index in [0.717, 1.165) is 20.4 Å². The summed E-state index contributed by atoms with van der Waals surface area (Å²) in [6.07, 6.45) is 1.59. The number of benzene rings is 1. The maximum Gasteiger partial charge on any atom is 0.144 e. The number of halogens is 3. The molecule has 0 saturated carbocycles. The van der Waals surface area contributed by atoms with E-state index in [9.17, 15) is 0 Å². The summed E-state index contributed by atoms with van der Waals surface area (Å²) in [4.78, 5) is 4.21. The molecule has 0 aliphatic carbocycles. The van der Waals surface area contributed by atoms with Crippen LogP contribution in [-0.2, 0) is 0 Å². The lowest BCUT2D eigenvalue weighted by Crippen LogP contribution is -1.95. The van der Waals surface area contributed by atoms with Crippen molar-refractivity contribution in [3.8, 4) is 5.75 Å². The van der Waals surface area contributed by atoms with Gasteiger partial charge < -0.3 is 10.1 Å². The molecular weight excluding hydrogens is 383 g/mol. The van der Waals surface area contributed by atoms with E-state index in [0.29, 0.717) is 10.8 Å². The van der Waals surface area contributed by atoms with Gasteiger partial charge in [-0.3, -0.25) is 0 Å². The van der Waals surface area contributed by atoms with Gasteiger partial charge in [0.25, 0.3) is 0 Å². The smallest absolute Gasteiger partial charge is 0.144 e. The van der Waals surface area contributed by atoms with E-state index in [1.54, 1.807) is 19.4 Å². The molecule has 0 bridgehead atoms. The van der Waals surface area contributed by atoms with Crippen LogP contribution in [0.4, 0.5) is 11.5 Å². The lowest BCUT2D eigenvalue weighted by molar-refractivity contribution is 0.412. The Bertz CT molecular complexity index is 578. The molecule has 6 heteroatoms. The summed E-state index contributed by atoms with van der Waals surface area (Å²) in [5.41, 5.74) is 0.901. The summed E-state index contributed by atoms with van der Waals surface area (Å²) < 4.78 is 6.86. The lowest BCUT2D eigenvalue weighted by Gasteiger charge is -2.09. The van der Waals surface area contributed by atoms with E-state index in [4.69, 9.17) is 16.3 Å². The second-order valence-electron chi connectivity index (χ2n) is 3.46. The molecule has 1 heterocycles. The minimum absolute atomic E-state index is 0.586. The fourth-order valence-electron chi connectivity index (χ4n) is 1.39. The van der Waals surface area contributed by atoms with Crippen LogP contribution in [0.1, 0.15) is 0 Å². The van der Waals surface area contributed by atoms with Crippen molar-refractivity contribution in [2.24, 2.45) is 0 Å². The number of nitrogens with zero attached hydrogens (tertiary/aromatic N) is 1. The first-order chi connectivity index (χ1) is 8.60. The van der Waals surface area contributed by atoms with Crippen molar-refractivity contribution in [1.82, 2.24) is 4.98 Å². The van der Waals surface area contributed by atoms with Gasteiger partial charge in [0.15, 0.2) is 0 Å².